The van der Waals surface area contributed by atoms with Crippen LogP contribution in [0.1, 0.15) is 36.8 Å². The highest BCUT2D eigenvalue weighted by Crippen LogP contribution is 2.37. The quantitative estimate of drug-likeness (QED) is 0.0759. The molecule has 2 aliphatic rings. The third kappa shape index (κ3) is 13.3. The lowest BCUT2D eigenvalue weighted by molar-refractivity contribution is 0.0973. The number of benzene rings is 4. The van der Waals surface area contributed by atoms with Crippen LogP contribution in [0.2, 0.25) is 0 Å². The van der Waals surface area contributed by atoms with E-state index in [1.165, 1.54) is 36.4 Å². The van der Waals surface area contributed by atoms with Crippen LogP contribution >= 0.6 is 12.4 Å². The van der Waals surface area contributed by atoms with E-state index in [1.54, 1.807) is 14.2 Å². The zero-order valence-electron chi connectivity index (χ0n) is 39.2. The van der Waals surface area contributed by atoms with Gasteiger partial charge >= 0.3 is 12.2 Å². The van der Waals surface area contributed by atoms with E-state index >= 15 is 0 Å². The second-order valence-electron chi connectivity index (χ2n) is 17.0. The highest BCUT2D eigenvalue weighted by Gasteiger charge is 2.27. The molecule has 69 heavy (non-hydrogen) atoms. The summed E-state index contributed by atoms with van der Waals surface area (Å²) in [6, 6.07) is 20.1. The van der Waals surface area contributed by atoms with Crippen LogP contribution in [0, 0.1) is 37.3 Å². The molecule has 8 rings (SSSR count). The van der Waals surface area contributed by atoms with Crippen molar-refractivity contribution in [2.75, 3.05) is 89.7 Å². The van der Waals surface area contributed by atoms with Gasteiger partial charge in [-0.15, -0.1) is 12.4 Å². The number of amides is 2. The second-order valence-corrected chi connectivity index (χ2v) is 17.0. The number of nitrogens with zero attached hydrogens (tertiary/aromatic N) is 6. The van der Waals surface area contributed by atoms with Crippen LogP contribution in [0.25, 0.3) is 44.6 Å². The number of aromatic hydroxyl groups is 2. The van der Waals surface area contributed by atoms with Gasteiger partial charge in [0.15, 0.2) is 11.6 Å². The molecule has 2 fully saturated rings. The van der Waals surface area contributed by atoms with Gasteiger partial charge in [0.25, 0.3) is 0 Å². The molecule has 0 bridgehead atoms. The Morgan fingerprint density at radius 3 is 1.45 bits per heavy atom. The number of rotatable bonds is 14. The smallest absolute Gasteiger partial charge is 0.407 e. The number of anilines is 2. The van der Waals surface area contributed by atoms with Gasteiger partial charge in [0, 0.05) is 64.3 Å². The third-order valence-corrected chi connectivity index (χ3v) is 11.8. The van der Waals surface area contributed by atoms with Gasteiger partial charge in [-0.1, -0.05) is 24.3 Å². The molecule has 2 amide bonds. The van der Waals surface area contributed by atoms with Crippen LogP contribution in [0.5, 0.6) is 11.5 Å². The van der Waals surface area contributed by atoms with Crippen molar-refractivity contribution in [3.63, 3.8) is 0 Å². The highest BCUT2D eigenvalue weighted by atomic mass is 35.5. The van der Waals surface area contributed by atoms with Crippen molar-refractivity contribution in [3.8, 4) is 34.3 Å². The van der Waals surface area contributed by atoms with Crippen LogP contribution in [0.4, 0.5) is 30.0 Å². The molecular formula is C50H59ClF2N8O8. The summed E-state index contributed by atoms with van der Waals surface area (Å²) >= 11 is 0. The first-order valence-electron chi connectivity index (χ1n) is 22.7. The number of ether oxygens (including phenoxy) is 4. The summed E-state index contributed by atoms with van der Waals surface area (Å²) in [6.07, 6.45) is 2.82. The first kappa shape index (κ1) is 51.8. The van der Waals surface area contributed by atoms with Gasteiger partial charge in [0.05, 0.1) is 35.4 Å². The zero-order valence-corrected chi connectivity index (χ0v) is 40.0. The molecule has 368 valence electrons. The van der Waals surface area contributed by atoms with Gasteiger partial charge in [-0.3, -0.25) is 0 Å². The molecule has 0 unspecified atom stereocenters. The molecule has 16 nitrogen and oxygen atoms in total. The number of phenolic OH excluding ortho intramolecular Hbond substituents is 2. The topological polar surface area (TPSA) is 194 Å². The minimum absolute atomic E-state index is 0. The number of hydrogen-bond donors (Lipinski definition) is 4. The van der Waals surface area contributed by atoms with Crippen LogP contribution in [-0.4, -0.2) is 122 Å². The Morgan fingerprint density at radius 2 is 1.06 bits per heavy atom. The van der Waals surface area contributed by atoms with Crippen molar-refractivity contribution in [2.24, 2.45) is 11.8 Å². The van der Waals surface area contributed by atoms with Gasteiger partial charge in [-0.2, -0.15) is 0 Å². The van der Waals surface area contributed by atoms with Crippen molar-refractivity contribution >= 4 is 58.0 Å². The summed E-state index contributed by atoms with van der Waals surface area (Å²) < 4.78 is 49.2. The highest BCUT2D eigenvalue weighted by molar-refractivity contribution is 5.93. The molecule has 2 aromatic heterocycles. The average Bonchev–Trinajstić information content (AvgIpc) is 3.32. The van der Waals surface area contributed by atoms with E-state index in [1.807, 2.05) is 50.2 Å². The van der Waals surface area contributed by atoms with Crippen molar-refractivity contribution < 1.29 is 47.5 Å². The summed E-state index contributed by atoms with van der Waals surface area (Å²) in [5.41, 5.74) is 3.39. The maximum absolute atomic E-state index is 14.6. The molecule has 2 saturated heterocycles. The number of carbonyl (C=O) groups is 2. The van der Waals surface area contributed by atoms with Crippen molar-refractivity contribution in [2.45, 2.75) is 39.5 Å². The van der Waals surface area contributed by atoms with E-state index in [0.717, 1.165) is 60.7 Å². The average molecular weight is 974 g/mol. The van der Waals surface area contributed by atoms with Crippen molar-refractivity contribution in [1.29, 1.82) is 0 Å². The zero-order chi connectivity index (χ0) is 48.2. The standard InChI is InChI=1S/2C25H29FN4O4.ClH/c2*1-16-8-9-18-20(13-16)28-23(22-19(26)6-3-7-21(22)31)29-24(18)30-10-4-5-17(15-30)14-27-25(32)34-12-11-33-2;/h2*3,6-9,13,17,31H,4-5,10-12,14-15H2,1-2H3,(H,27,32);1H/t2*17-;/m00./s1. The van der Waals surface area contributed by atoms with E-state index in [4.69, 9.17) is 28.9 Å². The van der Waals surface area contributed by atoms with Gasteiger partial charge in [-0.05, 0) is 111 Å². The predicted octanol–water partition coefficient (Wildman–Crippen LogP) is 8.50. The van der Waals surface area contributed by atoms with Gasteiger partial charge < -0.3 is 49.6 Å². The first-order valence-corrected chi connectivity index (χ1v) is 22.7. The molecule has 0 spiro atoms. The molecule has 4 aromatic carbocycles. The number of piperidine rings is 2. The molecular weight excluding hydrogens is 914 g/mol. The number of halogens is 3. The molecule has 0 saturated carbocycles. The summed E-state index contributed by atoms with van der Waals surface area (Å²) in [5.74, 6) is 0.503. The lowest BCUT2D eigenvalue weighted by atomic mass is 9.97. The summed E-state index contributed by atoms with van der Waals surface area (Å²) in [5, 5.41) is 28.0. The van der Waals surface area contributed by atoms with Crippen LogP contribution in [0.15, 0.2) is 72.8 Å². The van der Waals surface area contributed by atoms with Gasteiger partial charge in [-0.25, -0.2) is 38.3 Å². The normalized spacial score (nSPS) is 15.7. The van der Waals surface area contributed by atoms with E-state index in [0.29, 0.717) is 62.1 Å². The fourth-order valence-electron chi connectivity index (χ4n) is 8.46. The Balaban J connectivity index is 0.000000224. The number of phenols is 2. The van der Waals surface area contributed by atoms with E-state index in [9.17, 15) is 28.6 Å². The number of aryl methyl sites for hydroxylation is 2. The SMILES string of the molecule is COCCOC(=O)NC[C@@H]1CCCN(c2nc(-c3c(O)cccc3F)nc3cc(C)ccc23)C1.COCCOC(=O)NC[C@@H]1CCCN(c2nc(-c3c(O)cccc3F)nc3cc(C)ccc23)C1.Cl. The number of aromatic nitrogens is 4. The van der Waals surface area contributed by atoms with Gasteiger partial charge in [0.2, 0.25) is 0 Å². The lowest BCUT2D eigenvalue weighted by Gasteiger charge is -2.34. The Morgan fingerprint density at radius 1 is 0.638 bits per heavy atom. The number of alkyl carbamates (subject to hydrolysis) is 2. The number of fused-ring (bicyclic) bond motifs is 2. The van der Waals surface area contributed by atoms with Crippen LogP contribution in [0.3, 0.4) is 0 Å². The Kier molecular flexibility index (Phi) is 18.4. The monoisotopic (exact) mass is 972 g/mol. The largest absolute Gasteiger partial charge is 0.507 e. The Labute approximate surface area is 405 Å². The van der Waals surface area contributed by atoms with E-state index in [-0.39, 0.29) is 71.7 Å². The molecule has 6 aromatic rings. The summed E-state index contributed by atoms with van der Waals surface area (Å²) in [7, 11) is 3.10. The van der Waals surface area contributed by atoms with Crippen LogP contribution in [-0.2, 0) is 18.9 Å². The fraction of sp³-hybridized carbons (Fsp3) is 0.400. The minimum atomic E-state index is -0.578. The number of hydrogen-bond acceptors (Lipinski definition) is 14. The van der Waals surface area contributed by atoms with E-state index < -0.39 is 23.8 Å². The number of methoxy groups -OCH3 is 2. The molecule has 4 heterocycles. The number of carbonyl (C=O) groups excluding carboxylic acids is 2. The number of nitrogens with one attached hydrogen (secondary N) is 2. The molecule has 19 heteroatoms. The molecule has 2 atom stereocenters. The summed E-state index contributed by atoms with van der Waals surface area (Å²) in [6.45, 7) is 8.89. The molecule has 4 N–H and O–H groups in total. The first-order chi connectivity index (χ1) is 32.9. The Hall–Kier alpha value is -6.63. The minimum Gasteiger partial charge on any atom is -0.507 e. The maximum atomic E-state index is 14.6. The lowest BCUT2D eigenvalue weighted by Crippen LogP contribution is -2.41. The second kappa shape index (κ2) is 24.6. The third-order valence-electron chi connectivity index (χ3n) is 11.8. The predicted molar refractivity (Wildman–Crippen MR) is 262 cm³/mol. The van der Waals surface area contributed by atoms with Gasteiger partial charge in [0.1, 0.15) is 48.0 Å². The van der Waals surface area contributed by atoms with E-state index in [2.05, 4.69) is 30.4 Å². The molecule has 0 aliphatic carbocycles. The van der Waals surface area contributed by atoms with Crippen molar-refractivity contribution in [3.05, 3.63) is 95.6 Å². The summed E-state index contributed by atoms with van der Waals surface area (Å²) in [4.78, 5) is 46.7. The molecule has 0 radical (unpaired) electrons. The van der Waals surface area contributed by atoms with Crippen molar-refractivity contribution in [1.82, 2.24) is 30.6 Å². The molecule has 2 aliphatic heterocycles. The Bertz CT molecular complexity index is 2500. The maximum Gasteiger partial charge on any atom is 0.407 e. The fourth-order valence-corrected chi connectivity index (χ4v) is 8.46. The van der Waals surface area contributed by atoms with Crippen LogP contribution < -0.4 is 20.4 Å².